The molecule has 1 heterocycles. The van der Waals surface area contributed by atoms with Crippen LogP contribution in [-0.4, -0.2) is 61.7 Å². The molecular formula is C33H41N3O5S. The summed E-state index contributed by atoms with van der Waals surface area (Å²) in [5, 5.41) is 17.1. The van der Waals surface area contributed by atoms with Crippen molar-refractivity contribution in [3.05, 3.63) is 90.0 Å². The molecule has 0 bridgehead atoms. The molecule has 1 aliphatic heterocycles. The van der Waals surface area contributed by atoms with Crippen LogP contribution in [0.15, 0.2) is 83.8 Å². The van der Waals surface area contributed by atoms with Crippen LogP contribution >= 0.6 is 0 Å². The fourth-order valence-electron chi connectivity index (χ4n) is 5.54. The Morgan fingerprint density at radius 3 is 2.17 bits per heavy atom. The van der Waals surface area contributed by atoms with Crippen molar-refractivity contribution in [2.24, 2.45) is 0 Å². The number of phenolic OH excluding ortho intramolecular Hbond substituents is 1. The van der Waals surface area contributed by atoms with Crippen molar-refractivity contribution in [2.75, 3.05) is 24.4 Å². The molecule has 0 radical (unpaired) electrons. The van der Waals surface area contributed by atoms with Gasteiger partial charge in [-0.1, -0.05) is 49.4 Å². The van der Waals surface area contributed by atoms with Crippen LogP contribution < -0.4 is 10.3 Å². The molecule has 2 N–H and O–H groups in total. The Balaban J connectivity index is 1.38. The van der Waals surface area contributed by atoms with Crippen molar-refractivity contribution in [3.63, 3.8) is 0 Å². The molecule has 0 spiro atoms. The number of piperidine rings is 1. The zero-order valence-corrected chi connectivity index (χ0v) is 25.4. The number of para-hydroxylation sites is 1. The standard InChI is InChI=1S/C33H41N3O5S/c1-4-31(26-13-17-30(18-14-26)42(3,40)41)33(39)34-27-20-22-35(23-21-27)36(28-8-6-5-7-9-28)24(2)32(38)19-12-25-10-15-29(37)16-11-25/h5-11,13-18,24,27,31,37H,4,12,19-23H2,1-3H3,(H,34,39). The number of hydrogen-bond donors (Lipinski definition) is 2. The molecule has 8 nitrogen and oxygen atoms in total. The number of hydrogen-bond acceptors (Lipinski definition) is 7. The van der Waals surface area contributed by atoms with E-state index in [1.165, 1.54) is 6.26 Å². The maximum atomic E-state index is 13.4. The summed E-state index contributed by atoms with van der Waals surface area (Å²) in [7, 11) is -3.30. The van der Waals surface area contributed by atoms with Crippen molar-refractivity contribution >= 4 is 27.2 Å². The van der Waals surface area contributed by atoms with E-state index < -0.39 is 9.84 Å². The molecule has 2 atom stereocenters. The monoisotopic (exact) mass is 591 g/mol. The number of carbonyl (C=O) groups excluding carboxylic acids is 2. The average Bonchev–Trinajstić information content (AvgIpc) is 2.98. The number of rotatable bonds is 12. The molecular weight excluding hydrogens is 550 g/mol. The van der Waals surface area contributed by atoms with Gasteiger partial charge in [0.2, 0.25) is 5.91 Å². The van der Waals surface area contributed by atoms with Crippen LogP contribution in [-0.2, 0) is 25.8 Å². The molecule has 1 amide bonds. The number of Topliss-reactive ketones (excluding diaryl/α,β-unsaturated/α-hetero) is 1. The number of phenols is 1. The predicted molar refractivity (Wildman–Crippen MR) is 165 cm³/mol. The van der Waals surface area contributed by atoms with Gasteiger partial charge >= 0.3 is 0 Å². The zero-order chi connectivity index (χ0) is 30.3. The van der Waals surface area contributed by atoms with Crippen molar-refractivity contribution < 1.29 is 23.1 Å². The van der Waals surface area contributed by atoms with E-state index in [2.05, 4.69) is 15.3 Å². The van der Waals surface area contributed by atoms with Crippen LogP contribution in [0.1, 0.15) is 56.6 Å². The highest BCUT2D eigenvalue weighted by Gasteiger charge is 2.31. The quantitative estimate of drug-likeness (QED) is 0.309. The number of amides is 1. The summed E-state index contributed by atoms with van der Waals surface area (Å²) >= 11 is 0. The molecule has 1 fully saturated rings. The van der Waals surface area contributed by atoms with Gasteiger partial charge in [-0.25, -0.2) is 13.4 Å². The van der Waals surface area contributed by atoms with Gasteiger partial charge in [0.25, 0.3) is 0 Å². The molecule has 0 saturated carbocycles. The smallest absolute Gasteiger partial charge is 0.227 e. The average molecular weight is 592 g/mol. The highest BCUT2D eigenvalue weighted by Crippen LogP contribution is 2.26. The Labute approximate surface area is 249 Å². The molecule has 3 aromatic carbocycles. The second-order valence-electron chi connectivity index (χ2n) is 11.0. The van der Waals surface area contributed by atoms with E-state index in [0.29, 0.717) is 32.4 Å². The van der Waals surface area contributed by atoms with Gasteiger partial charge in [-0.05, 0) is 80.1 Å². The van der Waals surface area contributed by atoms with Crippen LogP contribution in [0.3, 0.4) is 0 Å². The van der Waals surface area contributed by atoms with E-state index in [0.717, 1.165) is 29.7 Å². The topological polar surface area (TPSA) is 107 Å². The number of nitrogens with zero attached hydrogens (tertiary/aromatic N) is 2. The summed E-state index contributed by atoms with van der Waals surface area (Å²) in [6.07, 6.45) is 4.27. The first-order valence-electron chi connectivity index (χ1n) is 14.6. The number of sulfone groups is 1. The predicted octanol–water partition coefficient (Wildman–Crippen LogP) is 4.88. The largest absolute Gasteiger partial charge is 0.508 e. The minimum absolute atomic E-state index is 0.0104. The third-order valence-corrected chi connectivity index (χ3v) is 9.14. The van der Waals surface area contributed by atoms with Gasteiger partial charge in [0, 0.05) is 31.8 Å². The highest BCUT2D eigenvalue weighted by molar-refractivity contribution is 7.90. The van der Waals surface area contributed by atoms with E-state index in [9.17, 15) is 23.1 Å². The number of nitrogens with one attached hydrogen (secondary N) is 1. The Bertz CT molecular complexity index is 1440. The van der Waals surface area contributed by atoms with Gasteiger partial charge < -0.3 is 10.4 Å². The van der Waals surface area contributed by atoms with E-state index in [4.69, 9.17) is 0 Å². The molecule has 9 heteroatoms. The fraction of sp³-hybridized carbons (Fsp3) is 0.394. The van der Waals surface area contributed by atoms with Crippen LogP contribution in [0.2, 0.25) is 0 Å². The lowest BCUT2D eigenvalue weighted by atomic mass is 9.94. The van der Waals surface area contributed by atoms with Crippen LogP contribution in [0.25, 0.3) is 0 Å². The van der Waals surface area contributed by atoms with Crippen molar-refractivity contribution in [3.8, 4) is 5.75 Å². The van der Waals surface area contributed by atoms with E-state index in [1.54, 1.807) is 36.4 Å². The first kappa shape index (κ1) is 31.3. The molecule has 4 rings (SSSR count). The molecule has 42 heavy (non-hydrogen) atoms. The number of ketones is 1. The Morgan fingerprint density at radius 1 is 0.976 bits per heavy atom. The van der Waals surface area contributed by atoms with Crippen molar-refractivity contribution in [1.82, 2.24) is 10.3 Å². The third-order valence-electron chi connectivity index (χ3n) is 8.01. The molecule has 2 unspecified atom stereocenters. The molecule has 1 saturated heterocycles. The van der Waals surface area contributed by atoms with Crippen LogP contribution in [0.4, 0.5) is 5.69 Å². The maximum Gasteiger partial charge on any atom is 0.227 e. The van der Waals surface area contributed by atoms with Crippen LogP contribution in [0.5, 0.6) is 5.75 Å². The van der Waals surface area contributed by atoms with E-state index in [1.807, 2.05) is 56.3 Å². The number of anilines is 1. The lowest BCUT2D eigenvalue weighted by molar-refractivity contribution is -0.123. The molecule has 3 aromatic rings. The highest BCUT2D eigenvalue weighted by atomic mass is 32.2. The zero-order valence-electron chi connectivity index (χ0n) is 24.6. The number of aryl methyl sites for hydroxylation is 1. The summed E-state index contributed by atoms with van der Waals surface area (Å²) in [5.41, 5.74) is 2.76. The first-order chi connectivity index (χ1) is 20.1. The summed E-state index contributed by atoms with van der Waals surface area (Å²) < 4.78 is 23.6. The lowest BCUT2D eigenvalue weighted by Gasteiger charge is -2.44. The fourth-order valence-corrected chi connectivity index (χ4v) is 6.17. The van der Waals surface area contributed by atoms with Crippen molar-refractivity contribution in [2.45, 2.75) is 68.8 Å². The van der Waals surface area contributed by atoms with E-state index in [-0.39, 0.29) is 40.3 Å². The maximum absolute atomic E-state index is 13.4. The summed E-state index contributed by atoms with van der Waals surface area (Å²) in [6.45, 7) is 5.28. The van der Waals surface area contributed by atoms with Crippen molar-refractivity contribution in [1.29, 1.82) is 0 Å². The van der Waals surface area contributed by atoms with Gasteiger partial charge in [-0.3, -0.25) is 14.6 Å². The number of aromatic hydroxyl groups is 1. The molecule has 1 aliphatic rings. The molecule has 0 aromatic heterocycles. The number of hydrazine groups is 1. The minimum atomic E-state index is -3.30. The minimum Gasteiger partial charge on any atom is -0.508 e. The lowest BCUT2D eigenvalue weighted by Crippen LogP contribution is -2.56. The SMILES string of the molecule is CCC(C(=O)NC1CCN(N(c2ccccc2)C(C)C(=O)CCc2ccc(O)cc2)CC1)c1ccc(S(C)(=O)=O)cc1. The summed E-state index contributed by atoms with van der Waals surface area (Å²) in [5.74, 6) is -0.0683. The Kier molecular flexibility index (Phi) is 10.4. The number of benzene rings is 3. The summed E-state index contributed by atoms with van der Waals surface area (Å²) in [4.78, 5) is 26.9. The number of carbonyl (C=O) groups is 2. The second kappa shape index (κ2) is 14.0. The van der Waals surface area contributed by atoms with Crippen LogP contribution in [0, 0.1) is 0 Å². The molecule has 0 aliphatic carbocycles. The van der Waals surface area contributed by atoms with Gasteiger partial charge in [-0.15, -0.1) is 0 Å². The third kappa shape index (κ3) is 7.98. The van der Waals surface area contributed by atoms with Gasteiger partial charge in [0.05, 0.1) is 16.5 Å². The Hall–Kier alpha value is -3.69. The van der Waals surface area contributed by atoms with E-state index >= 15 is 0 Å². The second-order valence-corrected chi connectivity index (χ2v) is 13.0. The molecule has 224 valence electrons. The van der Waals surface area contributed by atoms with Gasteiger partial charge in [0.15, 0.2) is 15.6 Å². The summed E-state index contributed by atoms with van der Waals surface area (Å²) in [6, 6.07) is 23.1. The van der Waals surface area contributed by atoms with Gasteiger partial charge in [-0.2, -0.15) is 0 Å². The van der Waals surface area contributed by atoms with Gasteiger partial charge in [0.1, 0.15) is 11.8 Å². The normalized spacial score (nSPS) is 16.0. The Morgan fingerprint density at radius 2 is 1.60 bits per heavy atom. The first-order valence-corrected chi connectivity index (χ1v) is 16.5.